The summed E-state index contributed by atoms with van der Waals surface area (Å²) in [6.45, 7) is 5.25. The number of amides is 1. The molecule has 0 N–H and O–H groups in total. The summed E-state index contributed by atoms with van der Waals surface area (Å²) in [7, 11) is 1.58. The van der Waals surface area contributed by atoms with Crippen LogP contribution in [0.3, 0.4) is 0 Å². The van der Waals surface area contributed by atoms with Crippen LogP contribution in [0.25, 0.3) is 6.08 Å². The Bertz CT molecular complexity index is 1080. The van der Waals surface area contributed by atoms with Crippen molar-refractivity contribution in [2.24, 2.45) is 4.99 Å². The minimum Gasteiger partial charge on any atom is -0.493 e. The summed E-state index contributed by atoms with van der Waals surface area (Å²) < 4.78 is 17.3. The number of thioether (sulfide) groups is 1. The van der Waals surface area contributed by atoms with Crippen molar-refractivity contribution in [1.29, 1.82) is 0 Å². The van der Waals surface area contributed by atoms with Crippen LogP contribution in [0.1, 0.15) is 38.7 Å². The van der Waals surface area contributed by atoms with Crippen LogP contribution in [-0.4, -0.2) is 48.4 Å². The lowest BCUT2D eigenvalue weighted by Gasteiger charge is -2.19. The molecule has 2 heterocycles. The maximum absolute atomic E-state index is 13.4. The number of benzene rings is 2. The molecule has 2 fully saturated rings. The molecule has 2 atom stereocenters. The number of amidine groups is 1. The van der Waals surface area contributed by atoms with Gasteiger partial charge in [0.05, 0.1) is 41.5 Å². The molecule has 180 valence electrons. The summed E-state index contributed by atoms with van der Waals surface area (Å²) in [5.74, 6) is 0.951. The van der Waals surface area contributed by atoms with E-state index < -0.39 is 0 Å². The van der Waals surface area contributed by atoms with Gasteiger partial charge in [0.25, 0.3) is 5.91 Å². The van der Waals surface area contributed by atoms with E-state index in [1.54, 1.807) is 18.1 Å². The summed E-state index contributed by atoms with van der Waals surface area (Å²) in [5.41, 5.74) is 1.56. The van der Waals surface area contributed by atoms with E-state index in [9.17, 15) is 4.79 Å². The molecule has 34 heavy (non-hydrogen) atoms. The van der Waals surface area contributed by atoms with E-state index in [1.165, 1.54) is 11.8 Å². The number of rotatable bonds is 8. The third-order valence-corrected chi connectivity index (χ3v) is 7.01. The maximum Gasteiger partial charge on any atom is 0.266 e. The predicted molar refractivity (Wildman–Crippen MR) is 138 cm³/mol. The smallest absolute Gasteiger partial charge is 0.266 e. The van der Waals surface area contributed by atoms with Crippen LogP contribution >= 0.6 is 23.4 Å². The Kier molecular flexibility index (Phi) is 8.19. The summed E-state index contributed by atoms with van der Waals surface area (Å²) >= 11 is 7.89. The molecule has 0 bridgehead atoms. The van der Waals surface area contributed by atoms with Gasteiger partial charge in [0.2, 0.25) is 0 Å². The van der Waals surface area contributed by atoms with Crippen LogP contribution in [0.4, 0.5) is 5.69 Å². The molecular weight excluding hydrogens is 472 g/mol. The van der Waals surface area contributed by atoms with E-state index >= 15 is 0 Å². The maximum atomic E-state index is 13.4. The summed E-state index contributed by atoms with van der Waals surface area (Å²) in [5, 5.41) is 1.09. The molecule has 1 amide bonds. The van der Waals surface area contributed by atoms with Gasteiger partial charge in [-0.2, -0.15) is 0 Å². The van der Waals surface area contributed by atoms with Crippen LogP contribution in [0.5, 0.6) is 11.5 Å². The van der Waals surface area contributed by atoms with Crippen LogP contribution in [0.2, 0.25) is 5.02 Å². The van der Waals surface area contributed by atoms with Gasteiger partial charge in [-0.3, -0.25) is 9.69 Å². The summed E-state index contributed by atoms with van der Waals surface area (Å²) in [4.78, 5) is 20.4. The van der Waals surface area contributed by atoms with Gasteiger partial charge < -0.3 is 14.2 Å². The van der Waals surface area contributed by atoms with E-state index in [4.69, 9.17) is 30.8 Å². The lowest BCUT2D eigenvalue weighted by atomic mass is 10.1. The van der Waals surface area contributed by atoms with Gasteiger partial charge in [-0.15, -0.1) is 0 Å². The van der Waals surface area contributed by atoms with Gasteiger partial charge in [0.1, 0.15) is 0 Å². The molecule has 0 unspecified atom stereocenters. The van der Waals surface area contributed by atoms with Crippen molar-refractivity contribution in [2.75, 3.05) is 20.3 Å². The van der Waals surface area contributed by atoms with Crippen molar-refractivity contribution >= 4 is 46.2 Å². The third kappa shape index (κ3) is 5.77. The predicted octanol–water partition coefficient (Wildman–Crippen LogP) is 6.31. The molecule has 4 rings (SSSR count). The zero-order chi connectivity index (χ0) is 24.1. The minimum atomic E-state index is -0.0924. The topological polar surface area (TPSA) is 60.4 Å². The fourth-order valence-electron chi connectivity index (χ4n) is 3.73. The number of nitrogens with zero attached hydrogens (tertiary/aromatic N) is 2. The average Bonchev–Trinajstić information content (AvgIpc) is 3.45. The van der Waals surface area contributed by atoms with Crippen LogP contribution in [0.15, 0.2) is 52.4 Å². The van der Waals surface area contributed by atoms with Gasteiger partial charge >= 0.3 is 0 Å². The van der Waals surface area contributed by atoms with Gasteiger partial charge in [0.15, 0.2) is 16.7 Å². The van der Waals surface area contributed by atoms with Gasteiger partial charge in [0, 0.05) is 6.61 Å². The molecule has 0 saturated carbocycles. The highest BCUT2D eigenvalue weighted by atomic mass is 35.5. The number of methoxy groups -OCH3 is 1. The third-order valence-electron chi connectivity index (χ3n) is 5.72. The average molecular weight is 501 g/mol. The summed E-state index contributed by atoms with van der Waals surface area (Å²) in [6, 6.07) is 13.3. The van der Waals surface area contributed by atoms with E-state index in [2.05, 4.69) is 0 Å². The minimum absolute atomic E-state index is 0.00527. The number of hydrogen-bond donors (Lipinski definition) is 0. The molecule has 0 aliphatic carbocycles. The normalized spacial score (nSPS) is 21.5. The first-order chi connectivity index (χ1) is 16.5. The molecule has 6 nitrogen and oxygen atoms in total. The Morgan fingerprint density at radius 3 is 2.79 bits per heavy atom. The Morgan fingerprint density at radius 1 is 1.32 bits per heavy atom. The molecule has 2 aromatic carbocycles. The van der Waals surface area contributed by atoms with Crippen LogP contribution in [0, 0.1) is 0 Å². The van der Waals surface area contributed by atoms with Gasteiger partial charge in [-0.25, -0.2) is 4.99 Å². The zero-order valence-corrected chi connectivity index (χ0v) is 21.2. The Labute approximate surface area is 209 Å². The zero-order valence-electron chi connectivity index (χ0n) is 19.6. The number of aliphatic imine (C=N–C) groups is 1. The van der Waals surface area contributed by atoms with Crippen LogP contribution in [-0.2, 0) is 9.53 Å². The fraction of sp³-hybridized carbons (Fsp3) is 0.385. The van der Waals surface area contributed by atoms with Crippen molar-refractivity contribution in [3.8, 4) is 11.5 Å². The van der Waals surface area contributed by atoms with Gasteiger partial charge in [-0.1, -0.05) is 36.7 Å². The Balaban J connectivity index is 1.65. The number of para-hydroxylation sites is 1. The van der Waals surface area contributed by atoms with E-state index in [-0.39, 0.29) is 18.1 Å². The van der Waals surface area contributed by atoms with Crippen molar-refractivity contribution in [3.63, 3.8) is 0 Å². The number of hydrogen-bond acceptors (Lipinski definition) is 6. The number of halogens is 1. The number of carbonyl (C=O) groups is 1. The van der Waals surface area contributed by atoms with Gasteiger partial charge in [-0.05, 0) is 73.9 Å². The highest BCUT2D eigenvalue weighted by Gasteiger charge is 2.36. The quantitative estimate of drug-likeness (QED) is 0.397. The van der Waals surface area contributed by atoms with E-state index in [0.29, 0.717) is 33.1 Å². The number of ether oxygens (including phenoxy) is 3. The van der Waals surface area contributed by atoms with Crippen molar-refractivity contribution < 1.29 is 19.0 Å². The first-order valence-electron chi connectivity index (χ1n) is 11.5. The molecule has 2 aromatic rings. The Morgan fingerprint density at radius 2 is 2.12 bits per heavy atom. The highest BCUT2D eigenvalue weighted by Crippen LogP contribution is 2.40. The largest absolute Gasteiger partial charge is 0.493 e. The van der Waals surface area contributed by atoms with E-state index in [0.717, 1.165) is 37.1 Å². The van der Waals surface area contributed by atoms with E-state index in [1.807, 2.05) is 56.3 Å². The Hall–Kier alpha value is -2.48. The lowest BCUT2D eigenvalue weighted by molar-refractivity contribution is -0.123. The first-order valence-corrected chi connectivity index (χ1v) is 12.7. The van der Waals surface area contributed by atoms with Crippen molar-refractivity contribution in [2.45, 2.75) is 45.3 Å². The summed E-state index contributed by atoms with van der Waals surface area (Å²) in [6.07, 6.45) is 4.65. The lowest BCUT2D eigenvalue weighted by Crippen LogP contribution is -2.36. The second-order valence-electron chi connectivity index (χ2n) is 8.26. The molecule has 2 aliphatic rings. The van der Waals surface area contributed by atoms with Crippen molar-refractivity contribution in [3.05, 3.63) is 58.0 Å². The highest BCUT2D eigenvalue weighted by molar-refractivity contribution is 8.18. The second kappa shape index (κ2) is 11.3. The molecule has 0 aromatic heterocycles. The van der Waals surface area contributed by atoms with Crippen molar-refractivity contribution in [1.82, 2.24) is 4.90 Å². The standard InChI is InChI=1S/C26H29ClN2O4S/c1-4-17(2)33-24-21(27)13-18(14-22(24)31-3)15-23-25(30)29(16-20-11-8-12-32-20)26(34-23)28-19-9-6-5-7-10-19/h5-7,9-10,13-15,17,20H,4,8,11-12,16H2,1-3H3/b23-15-,28-26?/t17-,20-/m1/s1. The molecule has 0 radical (unpaired) electrons. The first kappa shape index (κ1) is 24.6. The monoisotopic (exact) mass is 500 g/mol. The number of carbonyl (C=O) groups excluding carboxylic acids is 1. The van der Waals surface area contributed by atoms with Crippen LogP contribution < -0.4 is 9.47 Å². The molecule has 8 heteroatoms. The fourth-order valence-corrected chi connectivity index (χ4v) is 5.00. The molecule has 2 saturated heterocycles. The molecule has 2 aliphatic heterocycles. The molecular formula is C26H29ClN2O4S. The second-order valence-corrected chi connectivity index (χ2v) is 9.68. The SMILES string of the molecule is CC[C@@H](C)Oc1c(Cl)cc(/C=C2\SC(=Nc3ccccc3)N(C[C@H]3CCCO3)C2=O)cc1OC. The molecule has 0 spiro atoms.